The zero-order valence-electron chi connectivity index (χ0n) is 9.21. The Bertz CT molecular complexity index is 466. The summed E-state index contributed by atoms with van der Waals surface area (Å²) in [6.45, 7) is 1.42. The Morgan fingerprint density at radius 1 is 1.47 bits per heavy atom. The summed E-state index contributed by atoms with van der Waals surface area (Å²) in [5.74, 6) is 0.0216. The number of aromatic nitrogens is 3. The molecule has 1 aromatic rings. The molecule has 10 heteroatoms. The van der Waals surface area contributed by atoms with Crippen molar-refractivity contribution in [3.63, 3.8) is 0 Å². The lowest BCUT2D eigenvalue weighted by atomic mass is 10.5. The topological polar surface area (TPSA) is 109 Å². The predicted molar refractivity (Wildman–Crippen MR) is 57.9 cm³/mol. The molecule has 1 aromatic heterocycles. The van der Waals surface area contributed by atoms with E-state index in [4.69, 9.17) is 9.47 Å². The maximum Gasteiger partial charge on any atom is 0.336 e. The van der Waals surface area contributed by atoms with E-state index in [-0.39, 0.29) is 12.0 Å². The molecule has 2 heterocycles. The van der Waals surface area contributed by atoms with Crippen molar-refractivity contribution in [2.75, 3.05) is 38.1 Å². The maximum absolute atomic E-state index is 11.9. The van der Waals surface area contributed by atoms with E-state index in [0.717, 1.165) is 0 Å². The third kappa shape index (κ3) is 2.84. The minimum Gasteiger partial charge on any atom is -0.466 e. The van der Waals surface area contributed by atoms with Gasteiger partial charge >= 0.3 is 16.2 Å². The standard InChI is InChI=1S/C7H13N5O4S/c1-15-7-8-6(9-10-7)11-17(13,14)12-2-4-16-5-3-12/h2-5H2,1H3,(H2,8,9,10,11). The molecule has 1 aliphatic rings. The fourth-order valence-electron chi connectivity index (χ4n) is 1.36. The number of hydrogen-bond donors (Lipinski definition) is 2. The Labute approximate surface area is 98.3 Å². The average Bonchev–Trinajstić information content (AvgIpc) is 2.77. The average molecular weight is 263 g/mol. The van der Waals surface area contributed by atoms with Crippen molar-refractivity contribution in [2.24, 2.45) is 0 Å². The molecule has 0 bridgehead atoms. The summed E-state index contributed by atoms with van der Waals surface area (Å²) in [6, 6.07) is 0.0738. The van der Waals surface area contributed by atoms with E-state index < -0.39 is 10.2 Å². The SMILES string of the molecule is COc1n[nH]c(NS(=O)(=O)N2CCOCC2)n1. The highest BCUT2D eigenvalue weighted by Crippen LogP contribution is 2.10. The fraction of sp³-hybridized carbons (Fsp3) is 0.714. The van der Waals surface area contributed by atoms with Crippen LogP contribution in [-0.2, 0) is 14.9 Å². The van der Waals surface area contributed by atoms with Gasteiger partial charge in [-0.2, -0.15) is 17.7 Å². The molecular weight excluding hydrogens is 250 g/mol. The van der Waals surface area contributed by atoms with Crippen LogP contribution in [0.2, 0.25) is 0 Å². The van der Waals surface area contributed by atoms with Crippen LogP contribution in [0.4, 0.5) is 5.95 Å². The molecule has 0 spiro atoms. The third-order valence-corrected chi connectivity index (χ3v) is 3.68. The molecule has 0 saturated carbocycles. The third-order valence-electron chi connectivity index (χ3n) is 2.18. The summed E-state index contributed by atoms with van der Waals surface area (Å²) in [4.78, 5) is 3.77. The van der Waals surface area contributed by atoms with Crippen molar-refractivity contribution >= 4 is 16.2 Å². The Morgan fingerprint density at radius 3 is 2.76 bits per heavy atom. The number of aromatic amines is 1. The van der Waals surface area contributed by atoms with Gasteiger partial charge in [-0.1, -0.05) is 0 Å². The number of morpholine rings is 1. The molecule has 1 aliphatic heterocycles. The van der Waals surface area contributed by atoms with E-state index in [2.05, 4.69) is 19.9 Å². The van der Waals surface area contributed by atoms with Gasteiger partial charge in [0.1, 0.15) is 0 Å². The Kier molecular flexibility index (Phi) is 3.45. The van der Waals surface area contributed by atoms with Crippen molar-refractivity contribution in [2.45, 2.75) is 0 Å². The van der Waals surface area contributed by atoms with Crippen LogP contribution in [0, 0.1) is 0 Å². The number of ether oxygens (including phenoxy) is 2. The van der Waals surface area contributed by atoms with Crippen molar-refractivity contribution in [3.05, 3.63) is 0 Å². The first-order chi connectivity index (χ1) is 8.12. The van der Waals surface area contributed by atoms with Crippen LogP contribution in [0.3, 0.4) is 0 Å². The molecule has 0 atom stereocenters. The second kappa shape index (κ2) is 4.85. The lowest BCUT2D eigenvalue weighted by molar-refractivity contribution is 0.0733. The van der Waals surface area contributed by atoms with Gasteiger partial charge in [0.05, 0.1) is 20.3 Å². The molecule has 2 rings (SSSR count). The number of H-pyrrole nitrogens is 1. The number of hydrogen-bond acceptors (Lipinski definition) is 6. The monoisotopic (exact) mass is 263 g/mol. The van der Waals surface area contributed by atoms with Gasteiger partial charge in [0.15, 0.2) is 0 Å². The summed E-state index contributed by atoms with van der Waals surface area (Å²) in [7, 11) is -2.22. The van der Waals surface area contributed by atoms with Crippen LogP contribution in [0.25, 0.3) is 0 Å². The molecule has 0 unspecified atom stereocenters. The van der Waals surface area contributed by atoms with Crippen molar-refractivity contribution < 1.29 is 17.9 Å². The second-order valence-corrected chi connectivity index (χ2v) is 4.96. The van der Waals surface area contributed by atoms with Crippen LogP contribution in [0.1, 0.15) is 0 Å². The highest BCUT2D eigenvalue weighted by molar-refractivity contribution is 7.90. The molecule has 9 nitrogen and oxygen atoms in total. The van der Waals surface area contributed by atoms with Crippen molar-refractivity contribution in [1.82, 2.24) is 19.5 Å². The second-order valence-electron chi connectivity index (χ2n) is 3.29. The minimum absolute atomic E-state index is 0.0216. The number of nitrogens with zero attached hydrogens (tertiary/aromatic N) is 3. The Hall–Kier alpha value is -1.39. The molecule has 0 amide bonds. The zero-order chi connectivity index (χ0) is 12.3. The first-order valence-corrected chi connectivity index (χ1v) is 6.38. The van der Waals surface area contributed by atoms with Crippen molar-refractivity contribution in [1.29, 1.82) is 0 Å². The number of nitrogens with one attached hydrogen (secondary N) is 2. The number of rotatable bonds is 4. The van der Waals surface area contributed by atoms with E-state index in [0.29, 0.717) is 26.3 Å². The van der Waals surface area contributed by atoms with Gasteiger partial charge in [-0.25, -0.2) is 9.82 Å². The lowest BCUT2D eigenvalue weighted by Gasteiger charge is -2.25. The van der Waals surface area contributed by atoms with Gasteiger partial charge in [-0.3, -0.25) is 0 Å². The van der Waals surface area contributed by atoms with E-state index in [9.17, 15) is 8.42 Å². The first-order valence-electron chi connectivity index (χ1n) is 4.94. The molecule has 17 heavy (non-hydrogen) atoms. The van der Waals surface area contributed by atoms with Crippen LogP contribution < -0.4 is 9.46 Å². The van der Waals surface area contributed by atoms with E-state index in [1.54, 1.807) is 0 Å². The summed E-state index contributed by atoms with van der Waals surface area (Å²) in [5, 5.41) is 6.05. The van der Waals surface area contributed by atoms with Gasteiger partial charge in [0.25, 0.3) is 0 Å². The van der Waals surface area contributed by atoms with Gasteiger partial charge in [0, 0.05) is 13.1 Å². The van der Waals surface area contributed by atoms with Gasteiger partial charge in [0.2, 0.25) is 5.95 Å². The zero-order valence-corrected chi connectivity index (χ0v) is 10.0. The van der Waals surface area contributed by atoms with E-state index >= 15 is 0 Å². The molecule has 2 N–H and O–H groups in total. The first kappa shape index (κ1) is 12.1. The maximum atomic E-state index is 11.9. The van der Waals surface area contributed by atoms with E-state index in [1.165, 1.54) is 11.4 Å². The van der Waals surface area contributed by atoms with Crippen LogP contribution in [-0.4, -0.2) is 61.3 Å². The summed E-state index contributed by atoms with van der Waals surface area (Å²) in [6.07, 6.45) is 0. The lowest BCUT2D eigenvalue weighted by Crippen LogP contribution is -2.43. The predicted octanol–water partition coefficient (Wildman–Crippen LogP) is -1.20. The van der Waals surface area contributed by atoms with Crippen LogP contribution in [0.5, 0.6) is 6.01 Å². The largest absolute Gasteiger partial charge is 0.466 e. The molecule has 1 fully saturated rings. The van der Waals surface area contributed by atoms with Crippen LogP contribution >= 0.6 is 0 Å². The highest BCUT2D eigenvalue weighted by Gasteiger charge is 2.25. The highest BCUT2D eigenvalue weighted by atomic mass is 32.2. The van der Waals surface area contributed by atoms with E-state index in [1.807, 2.05) is 0 Å². The number of anilines is 1. The van der Waals surface area contributed by atoms with Crippen LogP contribution in [0.15, 0.2) is 0 Å². The van der Waals surface area contributed by atoms with Gasteiger partial charge in [-0.15, -0.1) is 5.10 Å². The molecule has 96 valence electrons. The van der Waals surface area contributed by atoms with Gasteiger partial charge < -0.3 is 9.47 Å². The fourth-order valence-corrected chi connectivity index (χ4v) is 2.45. The molecule has 0 aromatic carbocycles. The Morgan fingerprint density at radius 2 is 2.18 bits per heavy atom. The normalized spacial score (nSPS) is 17.9. The molecule has 0 aliphatic carbocycles. The summed E-state index contributed by atoms with van der Waals surface area (Å²) >= 11 is 0. The summed E-state index contributed by atoms with van der Waals surface area (Å²) in [5.41, 5.74) is 0. The molecule has 1 saturated heterocycles. The quantitative estimate of drug-likeness (QED) is 0.706. The van der Waals surface area contributed by atoms with Gasteiger partial charge in [-0.05, 0) is 0 Å². The minimum atomic E-state index is -3.62. The smallest absolute Gasteiger partial charge is 0.336 e. The molecular formula is C7H13N5O4S. The van der Waals surface area contributed by atoms with Crippen molar-refractivity contribution in [3.8, 4) is 6.01 Å². The number of methoxy groups -OCH3 is 1. The summed E-state index contributed by atoms with van der Waals surface area (Å²) < 4.78 is 37.1. The molecule has 0 radical (unpaired) electrons. The Balaban J connectivity index is 2.05.